The van der Waals surface area contributed by atoms with Gasteiger partial charge in [-0.1, -0.05) is 12.1 Å². The normalized spacial score (nSPS) is 14.8. The number of rotatable bonds is 6. The first-order valence-electron chi connectivity index (χ1n) is 8.16. The van der Waals surface area contributed by atoms with Gasteiger partial charge < -0.3 is 15.5 Å². The summed E-state index contributed by atoms with van der Waals surface area (Å²) >= 11 is 0. The van der Waals surface area contributed by atoms with Crippen LogP contribution in [0.3, 0.4) is 0 Å². The predicted molar refractivity (Wildman–Crippen MR) is 91.2 cm³/mol. The van der Waals surface area contributed by atoms with E-state index >= 15 is 0 Å². The molecule has 1 atom stereocenters. The van der Waals surface area contributed by atoms with Crippen LogP contribution in [0.15, 0.2) is 41.2 Å². The maximum atomic E-state index is 13.4. The lowest BCUT2D eigenvalue weighted by Gasteiger charge is -2.27. The smallest absolute Gasteiger partial charge is 0.317 e. The number of halogens is 1. The second-order valence-electron chi connectivity index (χ2n) is 5.93. The molecule has 1 aliphatic heterocycles. The number of urea groups is 1. The molecule has 1 aliphatic rings. The summed E-state index contributed by atoms with van der Waals surface area (Å²) in [5, 5.41) is 11.3. The summed E-state index contributed by atoms with van der Waals surface area (Å²) in [6, 6.07) is 8.10. The zero-order valence-corrected chi connectivity index (χ0v) is 13.9. The fraction of sp³-hybridized carbons (Fsp3) is 0.294. The molecule has 1 fully saturated rings. The largest absolute Gasteiger partial charge is 0.349 e. The summed E-state index contributed by atoms with van der Waals surface area (Å²) in [6.07, 6.45) is 0.393. The van der Waals surface area contributed by atoms with Gasteiger partial charge in [-0.3, -0.25) is 9.59 Å². The molecule has 0 spiro atoms. The van der Waals surface area contributed by atoms with E-state index in [2.05, 4.69) is 20.8 Å². The van der Waals surface area contributed by atoms with Crippen molar-refractivity contribution >= 4 is 11.9 Å². The number of benzene rings is 1. The van der Waals surface area contributed by atoms with Crippen molar-refractivity contribution in [2.45, 2.75) is 12.5 Å². The molecule has 136 valence electrons. The summed E-state index contributed by atoms with van der Waals surface area (Å²) in [6.45, 7) is 1.20. The Morgan fingerprint density at radius 1 is 1.31 bits per heavy atom. The number of carbonyl (C=O) groups is 2. The molecule has 1 aromatic carbocycles. The van der Waals surface area contributed by atoms with Crippen LogP contribution in [0, 0.1) is 5.82 Å². The van der Waals surface area contributed by atoms with Crippen LogP contribution in [0.2, 0.25) is 0 Å². The molecule has 8 nitrogen and oxygen atoms in total. The maximum Gasteiger partial charge on any atom is 0.317 e. The summed E-state index contributed by atoms with van der Waals surface area (Å²) in [5.74, 6) is -0.821. The van der Waals surface area contributed by atoms with E-state index < -0.39 is 11.5 Å². The Balaban J connectivity index is 1.70. The molecule has 0 aliphatic carbocycles. The highest BCUT2D eigenvalue weighted by Gasteiger charge is 2.28. The minimum Gasteiger partial charge on any atom is -0.349 e. The highest BCUT2D eigenvalue weighted by molar-refractivity contribution is 5.92. The maximum absolute atomic E-state index is 13.4. The van der Waals surface area contributed by atoms with Crippen LogP contribution < -0.4 is 16.2 Å². The van der Waals surface area contributed by atoms with Crippen molar-refractivity contribution in [3.8, 4) is 0 Å². The minimum absolute atomic E-state index is 0.0694. The molecular formula is C17H18FN5O3. The third kappa shape index (κ3) is 4.24. The number of hydrogen-bond donors (Lipinski definition) is 3. The molecule has 3 rings (SSSR count). The van der Waals surface area contributed by atoms with Crippen LogP contribution in [0.25, 0.3) is 0 Å². The number of H-pyrrole nitrogens is 1. The van der Waals surface area contributed by atoms with E-state index in [-0.39, 0.29) is 30.1 Å². The number of amides is 3. The van der Waals surface area contributed by atoms with Crippen molar-refractivity contribution in [1.82, 2.24) is 25.7 Å². The molecule has 2 aromatic rings. The van der Waals surface area contributed by atoms with Crippen LogP contribution in [-0.2, 0) is 6.42 Å². The molecule has 0 bridgehead atoms. The third-order valence-corrected chi connectivity index (χ3v) is 4.10. The van der Waals surface area contributed by atoms with Gasteiger partial charge in [-0.05, 0) is 30.2 Å². The third-order valence-electron chi connectivity index (χ3n) is 4.10. The van der Waals surface area contributed by atoms with Crippen molar-refractivity contribution in [1.29, 1.82) is 0 Å². The van der Waals surface area contributed by atoms with Gasteiger partial charge in [0, 0.05) is 25.7 Å². The fourth-order valence-corrected chi connectivity index (χ4v) is 2.84. The molecular weight excluding hydrogens is 341 g/mol. The first-order valence-corrected chi connectivity index (χ1v) is 8.16. The van der Waals surface area contributed by atoms with Gasteiger partial charge >= 0.3 is 6.03 Å². The standard InChI is InChI=1S/C17H18FN5O3/c18-12-3-1-2-11(8-12)9-13(23-7-6-19-17(23)26)10-20-16(25)14-4-5-15(24)22-21-14/h1-5,8,13H,6-7,9-10H2,(H,19,26)(H,20,25)(H,22,24). The van der Waals surface area contributed by atoms with Crippen molar-refractivity contribution in [3.05, 3.63) is 63.8 Å². The monoisotopic (exact) mass is 359 g/mol. The molecule has 1 saturated heterocycles. The zero-order valence-electron chi connectivity index (χ0n) is 13.9. The summed E-state index contributed by atoms with van der Waals surface area (Å²) in [5.41, 5.74) is 0.394. The predicted octanol–water partition coefficient (Wildman–Crippen LogP) is 0.275. The average Bonchev–Trinajstić information content (AvgIpc) is 3.05. The van der Waals surface area contributed by atoms with Gasteiger partial charge in [0.05, 0.1) is 6.04 Å². The Morgan fingerprint density at radius 2 is 2.15 bits per heavy atom. The number of carbonyl (C=O) groups excluding carboxylic acids is 2. The molecule has 1 aromatic heterocycles. The lowest BCUT2D eigenvalue weighted by atomic mass is 10.0. The van der Waals surface area contributed by atoms with E-state index in [0.29, 0.717) is 19.5 Å². The van der Waals surface area contributed by atoms with Crippen molar-refractivity contribution in [2.75, 3.05) is 19.6 Å². The SMILES string of the molecule is O=C(NCC(Cc1cccc(F)c1)N1CCNC1=O)c1ccc(=O)[nH]n1. The number of hydrogen-bond acceptors (Lipinski definition) is 4. The van der Waals surface area contributed by atoms with Gasteiger partial charge in [0.2, 0.25) is 0 Å². The van der Waals surface area contributed by atoms with Gasteiger partial charge in [-0.2, -0.15) is 5.10 Å². The highest BCUT2D eigenvalue weighted by atomic mass is 19.1. The van der Waals surface area contributed by atoms with Gasteiger partial charge in [0.25, 0.3) is 11.5 Å². The first kappa shape index (κ1) is 17.6. The number of nitrogens with zero attached hydrogens (tertiary/aromatic N) is 2. The van der Waals surface area contributed by atoms with Gasteiger partial charge in [-0.25, -0.2) is 14.3 Å². The Bertz CT molecular complexity index is 849. The summed E-state index contributed by atoms with van der Waals surface area (Å²) < 4.78 is 13.4. The van der Waals surface area contributed by atoms with Crippen LogP contribution in [0.4, 0.5) is 9.18 Å². The summed E-state index contributed by atoms with van der Waals surface area (Å²) in [7, 11) is 0. The van der Waals surface area contributed by atoms with Gasteiger partial charge in [0.15, 0.2) is 0 Å². The molecule has 1 unspecified atom stereocenters. The number of aromatic nitrogens is 2. The van der Waals surface area contributed by atoms with Crippen LogP contribution in [-0.4, -0.2) is 52.7 Å². The second kappa shape index (κ2) is 7.77. The van der Waals surface area contributed by atoms with E-state index in [1.807, 2.05) is 0 Å². The summed E-state index contributed by atoms with van der Waals surface area (Å²) in [4.78, 5) is 36.8. The molecule has 3 N–H and O–H groups in total. The molecule has 26 heavy (non-hydrogen) atoms. The van der Waals surface area contributed by atoms with Crippen LogP contribution in [0.5, 0.6) is 0 Å². The molecule has 0 saturated carbocycles. The van der Waals surface area contributed by atoms with E-state index in [0.717, 1.165) is 5.56 Å². The van der Waals surface area contributed by atoms with Crippen LogP contribution in [0.1, 0.15) is 16.1 Å². The molecule has 9 heteroatoms. The van der Waals surface area contributed by atoms with Gasteiger partial charge in [0.1, 0.15) is 11.5 Å². The molecule has 3 amide bonds. The average molecular weight is 359 g/mol. The van der Waals surface area contributed by atoms with Crippen molar-refractivity contribution in [3.63, 3.8) is 0 Å². The van der Waals surface area contributed by atoms with Gasteiger partial charge in [-0.15, -0.1) is 0 Å². The van der Waals surface area contributed by atoms with E-state index in [9.17, 15) is 18.8 Å². The fourth-order valence-electron chi connectivity index (χ4n) is 2.84. The number of nitrogens with one attached hydrogen (secondary N) is 3. The minimum atomic E-state index is -0.468. The van der Waals surface area contributed by atoms with Crippen molar-refractivity contribution in [2.24, 2.45) is 0 Å². The van der Waals surface area contributed by atoms with E-state index in [1.165, 1.54) is 24.3 Å². The highest BCUT2D eigenvalue weighted by Crippen LogP contribution is 2.13. The van der Waals surface area contributed by atoms with E-state index in [1.54, 1.807) is 17.0 Å². The zero-order chi connectivity index (χ0) is 18.5. The molecule has 2 heterocycles. The Morgan fingerprint density at radius 3 is 2.81 bits per heavy atom. The topological polar surface area (TPSA) is 107 Å². The first-order chi connectivity index (χ1) is 12.5. The second-order valence-corrected chi connectivity index (χ2v) is 5.93. The quantitative estimate of drug-likeness (QED) is 0.688. The Kier molecular flexibility index (Phi) is 5.26. The Labute approximate surface area is 148 Å². The lowest BCUT2D eigenvalue weighted by Crippen LogP contribution is -2.46. The molecule has 0 radical (unpaired) electrons. The number of aromatic amines is 1. The Hall–Kier alpha value is -3.23. The lowest BCUT2D eigenvalue weighted by molar-refractivity contribution is 0.0934. The van der Waals surface area contributed by atoms with Crippen molar-refractivity contribution < 1.29 is 14.0 Å². The van der Waals surface area contributed by atoms with E-state index in [4.69, 9.17) is 0 Å². The van der Waals surface area contributed by atoms with Crippen LogP contribution >= 0.6 is 0 Å².